The van der Waals surface area contributed by atoms with Gasteiger partial charge in [-0.2, -0.15) is 0 Å². The van der Waals surface area contributed by atoms with Crippen molar-refractivity contribution in [3.05, 3.63) is 29.8 Å². The minimum atomic E-state index is -0.143. The van der Waals surface area contributed by atoms with Gasteiger partial charge in [-0.05, 0) is 38.4 Å². The minimum absolute atomic E-state index is 0.119. The number of rotatable bonds is 5. The Morgan fingerprint density at radius 1 is 1.40 bits per heavy atom. The topological polar surface area (TPSA) is 58.4 Å². The van der Waals surface area contributed by atoms with Gasteiger partial charge in [0.15, 0.2) is 0 Å². The van der Waals surface area contributed by atoms with Gasteiger partial charge >= 0.3 is 0 Å². The van der Waals surface area contributed by atoms with Gasteiger partial charge in [0.1, 0.15) is 0 Å². The first-order valence-electron chi connectivity index (χ1n) is 7.42. The molecule has 1 aliphatic carbocycles. The van der Waals surface area contributed by atoms with Gasteiger partial charge < -0.3 is 11.1 Å². The molecule has 1 aromatic rings. The summed E-state index contributed by atoms with van der Waals surface area (Å²) in [6, 6.07) is 8.04. The fourth-order valence-electron chi connectivity index (χ4n) is 2.68. The van der Waals surface area contributed by atoms with E-state index < -0.39 is 0 Å². The third-order valence-electron chi connectivity index (χ3n) is 4.22. The summed E-state index contributed by atoms with van der Waals surface area (Å²) in [4.78, 5) is 14.3. The highest BCUT2D eigenvalue weighted by molar-refractivity contribution is 5.81. The number of nitrogens with one attached hydrogen (secondary N) is 1. The number of carbonyl (C=O) groups is 1. The van der Waals surface area contributed by atoms with Crippen LogP contribution in [0.25, 0.3) is 0 Å². The van der Waals surface area contributed by atoms with E-state index in [1.54, 1.807) is 0 Å². The number of nitrogens with zero attached hydrogens (tertiary/aromatic N) is 1. The van der Waals surface area contributed by atoms with Gasteiger partial charge in [-0.1, -0.05) is 31.0 Å². The maximum atomic E-state index is 12.2. The van der Waals surface area contributed by atoms with Crippen LogP contribution in [0.5, 0.6) is 0 Å². The van der Waals surface area contributed by atoms with Gasteiger partial charge in [0, 0.05) is 18.3 Å². The zero-order valence-corrected chi connectivity index (χ0v) is 12.4. The van der Waals surface area contributed by atoms with E-state index in [1.165, 1.54) is 12.8 Å². The lowest BCUT2D eigenvalue weighted by Crippen LogP contribution is -2.46. The molecule has 20 heavy (non-hydrogen) atoms. The Bertz CT molecular complexity index is 455. The molecule has 110 valence electrons. The largest absolute Gasteiger partial charge is 0.398 e. The molecule has 2 rings (SSSR count). The van der Waals surface area contributed by atoms with Crippen molar-refractivity contribution in [3.8, 4) is 0 Å². The molecule has 3 N–H and O–H groups in total. The molecule has 0 spiro atoms. The van der Waals surface area contributed by atoms with Crippen LogP contribution >= 0.6 is 0 Å². The predicted molar refractivity (Wildman–Crippen MR) is 82.2 cm³/mol. The number of nitrogens with two attached hydrogens (primary N) is 1. The monoisotopic (exact) mass is 275 g/mol. The van der Waals surface area contributed by atoms with Crippen LogP contribution < -0.4 is 11.1 Å². The van der Waals surface area contributed by atoms with Crippen LogP contribution in [0.15, 0.2) is 24.3 Å². The average molecular weight is 275 g/mol. The van der Waals surface area contributed by atoms with E-state index in [4.69, 9.17) is 5.73 Å². The van der Waals surface area contributed by atoms with E-state index in [0.29, 0.717) is 12.6 Å². The number of nitrogen functional groups attached to an aromatic ring is 1. The Balaban J connectivity index is 1.89. The van der Waals surface area contributed by atoms with Gasteiger partial charge in [-0.15, -0.1) is 0 Å². The Morgan fingerprint density at radius 3 is 2.70 bits per heavy atom. The molecule has 4 heteroatoms. The summed E-state index contributed by atoms with van der Waals surface area (Å²) in [6.45, 7) is 2.63. The lowest BCUT2D eigenvalue weighted by atomic mass is 10.1. The van der Waals surface area contributed by atoms with Crippen molar-refractivity contribution in [3.63, 3.8) is 0 Å². The summed E-state index contributed by atoms with van der Waals surface area (Å²) in [6.07, 6.45) is 4.70. The summed E-state index contributed by atoms with van der Waals surface area (Å²) in [5.74, 6) is 0.119. The Hall–Kier alpha value is -1.55. The van der Waals surface area contributed by atoms with Crippen molar-refractivity contribution in [2.75, 3.05) is 12.8 Å². The number of hydrogen-bond acceptors (Lipinski definition) is 3. The highest BCUT2D eigenvalue weighted by Gasteiger charge is 2.23. The molecule has 0 bridgehead atoms. The van der Waals surface area contributed by atoms with Gasteiger partial charge in [-0.3, -0.25) is 9.69 Å². The lowest BCUT2D eigenvalue weighted by Gasteiger charge is -2.26. The number of anilines is 1. The first kappa shape index (κ1) is 14.9. The van der Waals surface area contributed by atoms with E-state index in [0.717, 1.165) is 24.1 Å². The highest BCUT2D eigenvalue weighted by Crippen LogP contribution is 2.18. The van der Waals surface area contributed by atoms with Gasteiger partial charge in [0.25, 0.3) is 0 Å². The van der Waals surface area contributed by atoms with E-state index in [9.17, 15) is 4.79 Å². The molecule has 0 aromatic heterocycles. The fourth-order valence-corrected chi connectivity index (χ4v) is 2.68. The molecule has 0 heterocycles. The molecular formula is C16H25N3O. The lowest BCUT2D eigenvalue weighted by molar-refractivity contribution is -0.126. The number of carbonyl (C=O) groups excluding carboxylic acids is 1. The number of benzene rings is 1. The first-order chi connectivity index (χ1) is 9.58. The van der Waals surface area contributed by atoms with Gasteiger partial charge in [-0.25, -0.2) is 0 Å². The zero-order valence-electron chi connectivity index (χ0n) is 12.4. The van der Waals surface area contributed by atoms with E-state index in [1.807, 2.05) is 43.1 Å². The zero-order chi connectivity index (χ0) is 14.5. The van der Waals surface area contributed by atoms with E-state index in [-0.39, 0.29) is 11.9 Å². The molecule has 1 aliphatic rings. The quantitative estimate of drug-likeness (QED) is 0.810. The van der Waals surface area contributed by atoms with Crippen molar-refractivity contribution in [2.45, 2.75) is 51.2 Å². The number of likely N-dealkylation sites (N-methyl/N-ethyl adjacent to an activating group) is 1. The van der Waals surface area contributed by atoms with Gasteiger partial charge in [0.2, 0.25) is 5.91 Å². The van der Waals surface area contributed by atoms with Crippen LogP contribution in [0.1, 0.15) is 38.2 Å². The van der Waals surface area contributed by atoms with Crippen molar-refractivity contribution >= 4 is 11.6 Å². The number of amides is 1. The fraction of sp³-hybridized carbons (Fsp3) is 0.562. The van der Waals surface area contributed by atoms with Crippen molar-refractivity contribution in [2.24, 2.45) is 0 Å². The second kappa shape index (κ2) is 6.75. The standard InChI is InChI=1S/C16H25N3O/c1-12(16(20)18-14-8-4-5-9-14)19(2)11-13-7-3-6-10-15(13)17/h3,6-7,10,12,14H,4-5,8-9,11,17H2,1-2H3,(H,18,20). The van der Waals surface area contributed by atoms with Crippen LogP contribution in [-0.2, 0) is 11.3 Å². The summed E-state index contributed by atoms with van der Waals surface area (Å²) < 4.78 is 0. The van der Waals surface area contributed by atoms with Crippen LogP contribution in [0.4, 0.5) is 5.69 Å². The smallest absolute Gasteiger partial charge is 0.237 e. The molecule has 1 fully saturated rings. The molecule has 0 saturated heterocycles. The molecule has 0 aliphatic heterocycles. The molecule has 1 aromatic carbocycles. The minimum Gasteiger partial charge on any atom is -0.398 e. The van der Waals surface area contributed by atoms with Gasteiger partial charge in [0.05, 0.1) is 6.04 Å². The second-order valence-corrected chi connectivity index (χ2v) is 5.78. The van der Waals surface area contributed by atoms with E-state index >= 15 is 0 Å². The molecule has 0 radical (unpaired) electrons. The third-order valence-corrected chi connectivity index (χ3v) is 4.22. The highest BCUT2D eigenvalue weighted by atomic mass is 16.2. The Morgan fingerprint density at radius 2 is 2.05 bits per heavy atom. The van der Waals surface area contributed by atoms with Crippen molar-refractivity contribution < 1.29 is 4.79 Å². The molecule has 1 amide bonds. The van der Waals surface area contributed by atoms with Crippen molar-refractivity contribution in [1.29, 1.82) is 0 Å². The third kappa shape index (κ3) is 3.73. The average Bonchev–Trinajstić information content (AvgIpc) is 2.93. The maximum absolute atomic E-state index is 12.2. The van der Waals surface area contributed by atoms with E-state index in [2.05, 4.69) is 5.32 Å². The second-order valence-electron chi connectivity index (χ2n) is 5.78. The molecule has 1 unspecified atom stereocenters. The number of para-hydroxylation sites is 1. The first-order valence-corrected chi connectivity index (χ1v) is 7.42. The predicted octanol–water partition coefficient (Wildman–Crippen LogP) is 2.15. The molecule has 1 atom stereocenters. The summed E-state index contributed by atoms with van der Waals surface area (Å²) in [5.41, 5.74) is 7.80. The molecular weight excluding hydrogens is 250 g/mol. The van der Waals surface area contributed by atoms with Crippen LogP contribution in [0.2, 0.25) is 0 Å². The van der Waals surface area contributed by atoms with Crippen LogP contribution in [-0.4, -0.2) is 29.9 Å². The molecule has 4 nitrogen and oxygen atoms in total. The molecule has 1 saturated carbocycles. The summed E-state index contributed by atoms with van der Waals surface area (Å²) >= 11 is 0. The SMILES string of the molecule is CC(C(=O)NC1CCCC1)N(C)Cc1ccccc1N. The summed E-state index contributed by atoms with van der Waals surface area (Å²) in [5, 5.41) is 3.15. The summed E-state index contributed by atoms with van der Waals surface area (Å²) in [7, 11) is 1.96. The Kier molecular flexibility index (Phi) is 5.01. The van der Waals surface area contributed by atoms with Crippen molar-refractivity contribution in [1.82, 2.24) is 10.2 Å². The normalized spacial score (nSPS) is 17.4. The maximum Gasteiger partial charge on any atom is 0.237 e. The number of hydrogen-bond donors (Lipinski definition) is 2. The van der Waals surface area contributed by atoms with Crippen LogP contribution in [0.3, 0.4) is 0 Å². The van der Waals surface area contributed by atoms with Crippen LogP contribution in [0, 0.1) is 0 Å². The Labute approximate surface area is 121 Å².